The first-order valence-electron chi connectivity index (χ1n) is 6.36. The van der Waals surface area contributed by atoms with Crippen LogP contribution in [0.4, 0.5) is 0 Å². The predicted octanol–water partition coefficient (Wildman–Crippen LogP) is 3.32. The standard InChI is InChI=1S/C14H21ClO3/c1-11(17)12-6-7-14(13(15)10-12)18-9-5-3-2-4-8-16/h6-7,10-11,16-17H,2-5,8-9H2,1H3/t11-/m1/s1. The monoisotopic (exact) mass is 272 g/mol. The van der Waals surface area contributed by atoms with Gasteiger partial charge in [-0.1, -0.05) is 24.1 Å². The summed E-state index contributed by atoms with van der Waals surface area (Å²) in [5.41, 5.74) is 0.787. The van der Waals surface area contributed by atoms with Gasteiger partial charge >= 0.3 is 0 Å². The van der Waals surface area contributed by atoms with Crippen molar-refractivity contribution in [2.24, 2.45) is 0 Å². The molecule has 0 aliphatic rings. The molecule has 0 aliphatic heterocycles. The van der Waals surface area contributed by atoms with E-state index >= 15 is 0 Å². The Morgan fingerprint density at radius 1 is 1.22 bits per heavy atom. The number of hydrogen-bond donors (Lipinski definition) is 2. The first-order valence-corrected chi connectivity index (χ1v) is 6.74. The Morgan fingerprint density at radius 2 is 1.94 bits per heavy atom. The molecule has 0 fully saturated rings. The molecule has 0 bridgehead atoms. The number of hydrogen-bond acceptors (Lipinski definition) is 3. The summed E-state index contributed by atoms with van der Waals surface area (Å²) in [6.07, 6.45) is 3.35. The van der Waals surface area contributed by atoms with E-state index in [9.17, 15) is 5.11 Å². The average Bonchev–Trinajstić information content (AvgIpc) is 2.35. The van der Waals surface area contributed by atoms with Gasteiger partial charge in [-0.2, -0.15) is 0 Å². The van der Waals surface area contributed by atoms with Crippen molar-refractivity contribution in [1.82, 2.24) is 0 Å². The summed E-state index contributed by atoms with van der Waals surface area (Å²) in [5, 5.41) is 18.6. The lowest BCUT2D eigenvalue weighted by Crippen LogP contribution is -1.99. The molecular weight excluding hydrogens is 252 g/mol. The van der Waals surface area contributed by atoms with Gasteiger partial charge in [0.05, 0.1) is 17.7 Å². The average molecular weight is 273 g/mol. The summed E-state index contributed by atoms with van der Waals surface area (Å²) in [6, 6.07) is 5.34. The Bertz CT molecular complexity index is 353. The third kappa shape index (κ3) is 5.25. The van der Waals surface area contributed by atoms with E-state index in [0.717, 1.165) is 31.2 Å². The van der Waals surface area contributed by atoms with Gasteiger partial charge in [0.15, 0.2) is 0 Å². The van der Waals surface area contributed by atoms with Crippen molar-refractivity contribution in [3.05, 3.63) is 28.8 Å². The van der Waals surface area contributed by atoms with E-state index in [1.165, 1.54) is 0 Å². The lowest BCUT2D eigenvalue weighted by Gasteiger charge is -2.10. The summed E-state index contributed by atoms with van der Waals surface area (Å²) in [5.74, 6) is 0.656. The molecule has 0 heterocycles. The van der Waals surface area contributed by atoms with Crippen LogP contribution in [0.5, 0.6) is 5.75 Å². The second kappa shape index (κ2) is 8.35. The highest BCUT2D eigenvalue weighted by atomic mass is 35.5. The zero-order valence-corrected chi connectivity index (χ0v) is 11.5. The Kier molecular flexibility index (Phi) is 7.09. The van der Waals surface area contributed by atoms with Gasteiger partial charge < -0.3 is 14.9 Å². The van der Waals surface area contributed by atoms with E-state index in [2.05, 4.69) is 0 Å². The van der Waals surface area contributed by atoms with E-state index in [4.69, 9.17) is 21.4 Å². The smallest absolute Gasteiger partial charge is 0.137 e. The van der Waals surface area contributed by atoms with Crippen LogP contribution >= 0.6 is 11.6 Å². The molecule has 1 aromatic rings. The number of benzene rings is 1. The fourth-order valence-electron chi connectivity index (χ4n) is 1.64. The topological polar surface area (TPSA) is 49.7 Å². The second-order valence-corrected chi connectivity index (χ2v) is 4.76. The van der Waals surface area contributed by atoms with Crippen molar-refractivity contribution in [2.45, 2.75) is 38.7 Å². The largest absolute Gasteiger partial charge is 0.492 e. The normalized spacial score (nSPS) is 12.4. The molecule has 3 nitrogen and oxygen atoms in total. The van der Waals surface area contributed by atoms with E-state index < -0.39 is 6.10 Å². The molecule has 0 radical (unpaired) electrons. The van der Waals surface area contributed by atoms with Gasteiger partial charge in [0.2, 0.25) is 0 Å². The highest BCUT2D eigenvalue weighted by Crippen LogP contribution is 2.28. The fraction of sp³-hybridized carbons (Fsp3) is 0.571. The third-order valence-electron chi connectivity index (χ3n) is 2.75. The first kappa shape index (κ1) is 15.3. The van der Waals surface area contributed by atoms with Gasteiger partial charge in [0.1, 0.15) is 5.75 Å². The molecule has 0 spiro atoms. The van der Waals surface area contributed by atoms with Gasteiger partial charge in [-0.3, -0.25) is 0 Å². The number of unbranched alkanes of at least 4 members (excludes halogenated alkanes) is 3. The van der Waals surface area contributed by atoms with Crippen molar-refractivity contribution in [1.29, 1.82) is 0 Å². The van der Waals surface area contributed by atoms with Crippen molar-refractivity contribution in [3.63, 3.8) is 0 Å². The van der Waals surface area contributed by atoms with Crippen LogP contribution in [0.1, 0.15) is 44.3 Å². The second-order valence-electron chi connectivity index (χ2n) is 4.35. The summed E-state index contributed by atoms with van der Waals surface area (Å²) in [4.78, 5) is 0. The van der Waals surface area contributed by atoms with E-state index in [-0.39, 0.29) is 6.61 Å². The van der Waals surface area contributed by atoms with Gasteiger partial charge in [-0.15, -0.1) is 0 Å². The molecule has 4 heteroatoms. The Labute approximate surface area is 113 Å². The molecule has 102 valence electrons. The SMILES string of the molecule is C[C@@H](O)c1ccc(OCCCCCCO)c(Cl)c1. The highest BCUT2D eigenvalue weighted by molar-refractivity contribution is 6.32. The molecule has 0 saturated heterocycles. The maximum Gasteiger partial charge on any atom is 0.137 e. The Balaban J connectivity index is 2.34. The zero-order chi connectivity index (χ0) is 13.4. The van der Waals surface area contributed by atoms with Gasteiger partial charge in [0, 0.05) is 6.61 Å². The summed E-state index contributed by atoms with van der Waals surface area (Å²) >= 11 is 6.07. The lowest BCUT2D eigenvalue weighted by molar-refractivity contribution is 0.199. The molecule has 0 aromatic heterocycles. The van der Waals surface area contributed by atoms with Crippen molar-refractivity contribution < 1.29 is 14.9 Å². The van der Waals surface area contributed by atoms with Crippen LogP contribution in [0.3, 0.4) is 0 Å². The minimum absolute atomic E-state index is 0.257. The number of aliphatic hydroxyl groups is 2. The molecule has 1 rings (SSSR count). The predicted molar refractivity (Wildman–Crippen MR) is 73.1 cm³/mol. The maximum absolute atomic E-state index is 9.42. The summed E-state index contributed by atoms with van der Waals surface area (Å²) in [7, 11) is 0. The molecule has 1 aromatic carbocycles. The first-order chi connectivity index (χ1) is 8.65. The van der Waals surface area contributed by atoms with E-state index in [1.807, 2.05) is 6.07 Å². The maximum atomic E-state index is 9.42. The van der Waals surface area contributed by atoms with Gasteiger partial charge in [-0.05, 0) is 43.9 Å². The van der Waals surface area contributed by atoms with Crippen LogP contribution in [-0.4, -0.2) is 23.4 Å². The Hall–Kier alpha value is -0.770. The molecule has 1 atom stereocenters. The van der Waals surface area contributed by atoms with Crippen LogP contribution in [0.2, 0.25) is 5.02 Å². The minimum atomic E-state index is -0.518. The summed E-state index contributed by atoms with van der Waals surface area (Å²) < 4.78 is 5.58. The van der Waals surface area contributed by atoms with Crippen molar-refractivity contribution in [3.8, 4) is 5.75 Å². The van der Waals surface area contributed by atoms with E-state index in [0.29, 0.717) is 17.4 Å². The molecule has 0 aliphatic carbocycles. The molecule has 2 N–H and O–H groups in total. The molecule has 0 unspecified atom stereocenters. The van der Waals surface area contributed by atoms with Crippen LogP contribution in [0, 0.1) is 0 Å². The lowest BCUT2D eigenvalue weighted by atomic mass is 10.1. The van der Waals surface area contributed by atoms with E-state index in [1.54, 1.807) is 19.1 Å². The van der Waals surface area contributed by atoms with Crippen molar-refractivity contribution >= 4 is 11.6 Å². The number of ether oxygens (including phenoxy) is 1. The molecule has 0 saturated carbocycles. The molecule has 18 heavy (non-hydrogen) atoms. The number of aliphatic hydroxyl groups excluding tert-OH is 2. The van der Waals surface area contributed by atoms with Crippen LogP contribution in [0.25, 0.3) is 0 Å². The molecule has 0 amide bonds. The third-order valence-corrected chi connectivity index (χ3v) is 3.04. The quantitative estimate of drug-likeness (QED) is 0.714. The highest BCUT2D eigenvalue weighted by Gasteiger charge is 2.06. The minimum Gasteiger partial charge on any atom is -0.492 e. The van der Waals surface area contributed by atoms with Crippen molar-refractivity contribution in [2.75, 3.05) is 13.2 Å². The molecular formula is C14H21ClO3. The Morgan fingerprint density at radius 3 is 2.56 bits per heavy atom. The van der Waals surface area contributed by atoms with Crippen LogP contribution in [-0.2, 0) is 0 Å². The van der Waals surface area contributed by atoms with Crippen LogP contribution in [0.15, 0.2) is 18.2 Å². The number of halogens is 1. The summed E-state index contributed by atoms with van der Waals surface area (Å²) in [6.45, 7) is 2.58. The number of rotatable bonds is 8. The van der Waals surface area contributed by atoms with Crippen LogP contribution < -0.4 is 4.74 Å². The fourth-order valence-corrected chi connectivity index (χ4v) is 1.89. The van der Waals surface area contributed by atoms with Gasteiger partial charge in [0.25, 0.3) is 0 Å². The zero-order valence-electron chi connectivity index (χ0n) is 10.7. The van der Waals surface area contributed by atoms with Gasteiger partial charge in [-0.25, -0.2) is 0 Å².